The lowest BCUT2D eigenvalue weighted by Gasteiger charge is -2.11. The van der Waals surface area contributed by atoms with Gasteiger partial charge in [-0.25, -0.2) is 4.39 Å². The molecule has 0 saturated carbocycles. The molecule has 1 aromatic heterocycles. The van der Waals surface area contributed by atoms with E-state index in [2.05, 4.69) is 0 Å². The number of fused-ring (bicyclic) bond motifs is 1. The maximum Gasteiger partial charge on any atom is 0.134 e. The van der Waals surface area contributed by atoms with E-state index in [-0.39, 0.29) is 11.9 Å². The topological polar surface area (TPSA) is 39.2 Å². The highest BCUT2D eigenvalue weighted by Crippen LogP contribution is 2.29. The van der Waals surface area contributed by atoms with Gasteiger partial charge in [-0.05, 0) is 30.2 Å². The first kappa shape index (κ1) is 13.2. The Morgan fingerprint density at radius 2 is 2.00 bits per heavy atom. The van der Waals surface area contributed by atoms with Crippen LogP contribution in [0.5, 0.6) is 0 Å². The third kappa shape index (κ3) is 2.42. The summed E-state index contributed by atoms with van der Waals surface area (Å²) in [4.78, 5) is 0. The van der Waals surface area contributed by atoms with Crippen LogP contribution in [0.3, 0.4) is 0 Å². The minimum absolute atomic E-state index is 0.249. The third-order valence-electron chi connectivity index (χ3n) is 3.37. The SMILES string of the molecule is NC(Cc1ccc(F)cc1Cl)c1coc2ccccc12. The molecule has 0 bridgehead atoms. The summed E-state index contributed by atoms with van der Waals surface area (Å²) in [6.45, 7) is 0. The lowest BCUT2D eigenvalue weighted by molar-refractivity contribution is 0.598. The Hall–Kier alpha value is -1.84. The van der Waals surface area contributed by atoms with Gasteiger partial charge in [0.2, 0.25) is 0 Å². The van der Waals surface area contributed by atoms with Crippen LogP contribution in [0.1, 0.15) is 17.2 Å². The highest BCUT2D eigenvalue weighted by atomic mass is 35.5. The van der Waals surface area contributed by atoms with Crippen molar-refractivity contribution >= 4 is 22.6 Å². The Kier molecular flexibility index (Phi) is 3.47. The van der Waals surface area contributed by atoms with Gasteiger partial charge in [-0.1, -0.05) is 35.9 Å². The van der Waals surface area contributed by atoms with Crippen LogP contribution in [-0.4, -0.2) is 0 Å². The van der Waals surface area contributed by atoms with Crippen LogP contribution in [0, 0.1) is 5.82 Å². The number of para-hydroxylation sites is 1. The van der Waals surface area contributed by atoms with Crippen molar-refractivity contribution in [3.8, 4) is 0 Å². The molecular formula is C16H13ClFNO. The molecule has 2 aromatic carbocycles. The number of benzene rings is 2. The van der Waals surface area contributed by atoms with Crippen molar-refractivity contribution in [1.29, 1.82) is 0 Å². The van der Waals surface area contributed by atoms with Crippen LogP contribution in [-0.2, 0) is 6.42 Å². The first-order valence-electron chi connectivity index (χ1n) is 6.31. The molecule has 0 aliphatic carbocycles. The summed E-state index contributed by atoms with van der Waals surface area (Å²) in [5.41, 5.74) is 8.80. The zero-order chi connectivity index (χ0) is 14.1. The van der Waals surface area contributed by atoms with E-state index in [9.17, 15) is 4.39 Å². The first-order chi connectivity index (χ1) is 9.65. The minimum Gasteiger partial charge on any atom is -0.464 e. The molecule has 102 valence electrons. The van der Waals surface area contributed by atoms with Crippen LogP contribution < -0.4 is 5.73 Å². The van der Waals surface area contributed by atoms with Gasteiger partial charge >= 0.3 is 0 Å². The lowest BCUT2D eigenvalue weighted by atomic mass is 9.99. The fourth-order valence-corrected chi connectivity index (χ4v) is 2.56. The Labute approximate surface area is 121 Å². The Bertz CT molecular complexity index is 753. The van der Waals surface area contributed by atoms with E-state index in [0.717, 1.165) is 22.1 Å². The average Bonchev–Trinajstić information content (AvgIpc) is 2.86. The molecule has 1 unspecified atom stereocenters. The van der Waals surface area contributed by atoms with Gasteiger partial charge in [0.25, 0.3) is 0 Å². The van der Waals surface area contributed by atoms with Gasteiger partial charge < -0.3 is 10.2 Å². The summed E-state index contributed by atoms with van der Waals surface area (Å²) in [6, 6.07) is 11.8. The van der Waals surface area contributed by atoms with Crippen molar-refractivity contribution in [1.82, 2.24) is 0 Å². The van der Waals surface area contributed by atoms with Crippen molar-refractivity contribution < 1.29 is 8.81 Å². The van der Waals surface area contributed by atoms with Gasteiger partial charge in [-0.3, -0.25) is 0 Å². The fourth-order valence-electron chi connectivity index (χ4n) is 2.32. The van der Waals surface area contributed by atoms with E-state index in [1.54, 1.807) is 12.3 Å². The van der Waals surface area contributed by atoms with Gasteiger partial charge in [0.05, 0.1) is 6.26 Å². The lowest BCUT2D eigenvalue weighted by Crippen LogP contribution is -2.13. The number of furan rings is 1. The quantitative estimate of drug-likeness (QED) is 0.773. The predicted octanol–water partition coefficient (Wildman–Crippen LogP) is 4.47. The number of hydrogen-bond donors (Lipinski definition) is 1. The molecule has 0 saturated heterocycles. The molecule has 3 rings (SSSR count). The van der Waals surface area contributed by atoms with Crippen LogP contribution in [0.25, 0.3) is 11.0 Å². The summed E-state index contributed by atoms with van der Waals surface area (Å²) in [6.07, 6.45) is 2.20. The van der Waals surface area contributed by atoms with Crippen molar-refractivity contribution in [2.75, 3.05) is 0 Å². The Morgan fingerprint density at radius 1 is 1.20 bits per heavy atom. The molecule has 0 radical (unpaired) electrons. The molecule has 1 heterocycles. The van der Waals surface area contributed by atoms with Gasteiger partial charge in [0, 0.05) is 22.0 Å². The van der Waals surface area contributed by atoms with Crippen molar-refractivity contribution in [2.24, 2.45) is 5.73 Å². The average molecular weight is 290 g/mol. The molecule has 0 spiro atoms. The Balaban J connectivity index is 1.91. The van der Waals surface area contributed by atoms with E-state index in [4.69, 9.17) is 21.8 Å². The van der Waals surface area contributed by atoms with Gasteiger partial charge in [-0.2, -0.15) is 0 Å². The van der Waals surface area contributed by atoms with Gasteiger partial charge in [-0.15, -0.1) is 0 Å². The summed E-state index contributed by atoms with van der Waals surface area (Å²) in [5.74, 6) is -0.346. The van der Waals surface area contributed by atoms with E-state index in [1.165, 1.54) is 12.1 Å². The Morgan fingerprint density at radius 3 is 2.80 bits per heavy atom. The molecule has 2 nitrogen and oxygen atoms in total. The van der Waals surface area contributed by atoms with Crippen LogP contribution in [0.4, 0.5) is 4.39 Å². The van der Waals surface area contributed by atoms with Crippen LogP contribution >= 0.6 is 11.6 Å². The molecule has 3 aromatic rings. The molecule has 0 aliphatic heterocycles. The predicted molar refractivity (Wildman–Crippen MR) is 78.3 cm³/mol. The summed E-state index contributed by atoms with van der Waals surface area (Å²) in [5, 5.41) is 1.39. The maximum absolute atomic E-state index is 13.0. The number of rotatable bonds is 3. The smallest absolute Gasteiger partial charge is 0.134 e. The highest BCUT2D eigenvalue weighted by Gasteiger charge is 2.15. The van der Waals surface area contributed by atoms with Crippen molar-refractivity contribution in [2.45, 2.75) is 12.5 Å². The summed E-state index contributed by atoms with van der Waals surface area (Å²) >= 11 is 6.03. The molecule has 1 atom stereocenters. The second-order valence-corrected chi connectivity index (χ2v) is 5.14. The third-order valence-corrected chi connectivity index (χ3v) is 3.72. The maximum atomic E-state index is 13.0. The zero-order valence-electron chi connectivity index (χ0n) is 10.6. The second kappa shape index (κ2) is 5.27. The minimum atomic E-state index is -0.346. The molecular weight excluding hydrogens is 277 g/mol. The fraction of sp³-hybridized carbons (Fsp3) is 0.125. The van der Waals surface area contributed by atoms with Crippen LogP contribution in [0.2, 0.25) is 5.02 Å². The van der Waals surface area contributed by atoms with Crippen LogP contribution in [0.15, 0.2) is 53.1 Å². The zero-order valence-corrected chi connectivity index (χ0v) is 11.4. The van der Waals surface area contributed by atoms with Crippen molar-refractivity contribution in [3.05, 3.63) is 70.7 Å². The first-order valence-corrected chi connectivity index (χ1v) is 6.68. The van der Waals surface area contributed by atoms with E-state index >= 15 is 0 Å². The van der Waals surface area contributed by atoms with Crippen molar-refractivity contribution in [3.63, 3.8) is 0 Å². The molecule has 20 heavy (non-hydrogen) atoms. The number of hydrogen-bond acceptors (Lipinski definition) is 2. The highest BCUT2D eigenvalue weighted by molar-refractivity contribution is 6.31. The van der Waals surface area contributed by atoms with Gasteiger partial charge in [0.1, 0.15) is 11.4 Å². The van der Waals surface area contributed by atoms with Gasteiger partial charge in [0.15, 0.2) is 0 Å². The van der Waals surface area contributed by atoms with E-state index < -0.39 is 0 Å². The molecule has 2 N–H and O–H groups in total. The second-order valence-electron chi connectivity index (χ2n) is 4.73. The monoisotopic (exact) mass is 289 g/mol. The molecule has 4 heteroatoms. The summed E-state index contributed by atoms with van der Waals surface area (Å²) < 4.78 is 18.5. The van der Waals surface area contributed by atoms with E-state index in [0.29, 0.717) is 11.4 Å². The molecule has 0 aliphatic rings. The summed E-state index contributed by atoms with van der Waals surface area (Å²) in [7, 11) is 0. The number of nitrogens with two attached hydrogens (primary N) is 1. The normalized spacial score (nSPS) is 12.8. The number of halogens is 2. The molecule has 0 fully saturated rings. The molecule has 0 amide bonds. The van der Waals surface area contributed by atoms with E-state index in [1.807, 2.05) is 24.3 Å². The standard InChI is InChI=1S/C16H13ClFNO/c17-14-8-11(18)6-5-10(14)7-15(19)13-9-20-16-4-2-1-3-12(13)16/h1-6,8-9,15H,7,19H2. The largest absolute Gasteiger partial charge is 0.464 e.